The molecule has 4 nitrogen and oxygen atoms in total. The Kier molecular flexibility index (Phi) is 3.42. The second kappa shape index (κ2) is 4.37. The van der Waals surface area contributed by atoms with Gasteiger partial charge in [0.1, 0.15) is 11.8 Å². The summed E-state index contributed by atoms with van der Waals surface area (Å²) in [5.41, 5.74) is 5.64. The fourth-order valence-electron chi connectivity index (χ4n) is 1.69. The standard InChI is InChI=1S/C9H15NO3/c1-13-9(12)8(10)6-3-2-4-7(11)5-6/h6,8H,2-5,10H2,1H3. The smallest absolute Gasteiger partial charge is 0.322 e. The minimum atomic E-state index is -0.630. The highest BCUT2D eigenvalue weighted by Crippen LogP contribution is 2.23. The molecule has 0 aromatic rings. The molecule has 0 bridgehead atoms. The van der Waals surface area contributed by atoms with E-state index < -0.39 is 12.0 Å². The van der Waals surface area contributed by atoms with Crippen LogP contribution < -0.4 is 5.73 Å². The van der Waals surface area contributed by atoms with Gasteiger partial charge in [-0.3, -0.25) is 9.59 Å². The summed E-state index contributed by atoms with van der Waals surface area (Å²) in [6.45, 7) is 0. The van der Waals surface area contributed by atoms with Crippen molar-refractivity contribution in [3.63, 3.8) is 0 Å². The van der Waals surface area contributed by atoms with Gasteiger partial charge in [0.05, 0.1) is 7.11 Å². The lowest BCUT2D eigenvalue weighted by atomic mass is 9.83. The van der Waals surface area contributed by atoms with Crippen LogP contribution in [-0.4, -0.2) is 24.9 Å². The molecule has 0 aliphatic heterocycles. The van der Waals surface area contributed by atoms with Crippen molar-refractivity contribution in [2.24, 2.45) is 11.7 Å². The summed E-state index contributed by atoms with van der Waals surface area (Å²) in [6, 6.07) is -0.630. The average molecular weight is 185 g/mol. The highest BCUT2D eigenvalue weighted by molar-refractivity contribution is 5.82. The molecule has 0 aromatic heterocycles. The van der Waals surface area contributed by atoms with Gasteiger partial charge in [-0.1, -0.05) is 0 Å². The number of carbonyl (C=O) groups is 2. The lowest BCUT2D eigenvalue weighted by Gasteiger charge is -2.24. The van der Waals surface area contributed by atoms with Gasteiger partial charge in [0.15, 0.2) is 0 Å². The highest BCUT2D eigenvalue weighted by atomic mass is 16.5. The maximum atomic E-state index is 11.1. The molecule has 0 aromatic carbocycles. The molecular weight excluding hydrogens is 170 g/mol. The molecule has 2 unspecified atom stereocenters. The van der Waals surface area contributed by atoms with E-state index in [1.54, 1.807) is 0 Å². The number of ketones is 1. The van der Waals surface area contributed by atoms with Gasteiger partial charge in [-0.05, 0) is 18.8 Å². The molecule has 0 heterocycles. The lowest BCUT2D eigenvalue weighted by Crippen LogP contribution is -2.41. The molecule has 1 fully saturated rings. The van der Waals surface area contributed by atoms with Crippen molar-refractivity contribution in [2.75, 3.05) is 7.11 Å². The fourth-order valence-corrected chi connectivity index (χ4v) is 1.69. The third-order valence-electron chi connectivity index (χ3n) is 2.50. The molecule has 0 amide bonds. The maximum absolute atomic E-state index is 11.1. The largest absolute Gasteiger partial charge is 0.468 e. The highest BCUT2D eigenvalue weighted by Gasteiger charge is 2.29. The normalized spacial score (nSPS) is 25.4. The Balaban J connectivity index is 2.50. The van der Waals surface area contributed by atoms with Crippen molar-refractivity contribution in [1.82, 2.24) is 0 Å². The second-order valence-corrected chi connectivity index (χ2v) is 3.44. The van der Waals surface area contributed by atoms with Crippen molar-refractivity contribution in [3.8, 4) is 0 Å². The Bertz CT molecular complexity index is 215. The Hall–Kier alpha value is -0.900. The third-order valence-corrected chi connectivity index (χ3v) is 2.50. The van der Waals surface area contributed by atoms with Gasteiger partial charge in [-0.2, -0.15) is 0 Å². The van der Waals surface area contributed by atoms with E-state index in [-0.39, 0.29) is 11.7 Å². The Morgan fingerprint density at radius 1 is 1.69 bits per heavy atom. The van der Waals surface area contributed by atoms with Gasteiger partial charge in [0, 0.05) is 12.8 Å². The van der Waals surface area contributed by atoms with Gasteiger partial charge in [-0.15, -0.1) is 0 Å². The SMILES string of the molecule is COC(=O)C(N)C1CCCC(=O)C1. The zero-order valence-electron chi connectivity index (χ0n) is 7.79. The number of methoxy groups -OCH3 is 1. The molecule has 0 spiro atoms. The van der Waals surface area contributed by atoms with Crippen LogP contribution in [0.3, 0.4) is 0 Å². The topological polar surface area (TPSA) is 69.4 Å². The number of esters is 1. The van der Waals surface area contributed by atoms with Crippen LogP contribution in [0.25, 0.3) is 0 Å². The molecule has 1 aliphatic carbocycles. The minimum Gasteiger partial charge on any atom is -0.468 e. The van der Waals surface area contributed by atoms with E-state index in [9.17, 15) is 9.59 Å². The Morgan fingerprint density at radius 2 is 2.38 bits per heavy atom. The first kappa shape index (κ1) is 10.2. The van der Waals surface area contributed by atoms with Gasteiger partial charge in [0.2, 0.25) is 0 Å². The van der Waals surface area contributed by atoms with Crippen LogP contribution in [0, 0.1) is 5.92 Å². The second-order valence-electron chi connectivity index (χ2n) is 3.44. The van der Waals surface area contributed by atoms with Crippen LogP contribution in [0.1, 0.15) is 25.7 Å². The number of Topliss-reactive ketones (excluding diaryl/α,β-unsaturated/α-hetero) is 1. The summed E-state index contributed by atoms with van der Waals surface area (Å²) >= 11 is 0. The summed E-state index contributed by atoms with van der Waals surface area (Å²) in [5, 5.41) is 0. The summed E-state index contributed by atoms with van der Waals surface area (Å²) in [5.74, 6) is -0.232. The molecule has 1 saturated carbocycles. The van der Waals surface area contributed by atoms with Crippen molar-refractivity contribution < 1.29 is 14.3 Å². The van der Waals surface area contributed by atoms with Gasteiger partial charge >= 0.3 is 5.97 Å². The van der Waals surface area contributed by atoms with E-state index in [0.717, 1.165) is 12.8 Å². The summed E-state index contributed by atoms with van der Waals surface area (Å²) in [4.78, 5) is 22.1. The number of rotatable bonds is 2. The number of hydrogen-bond donors (Lipinski definition) is 1. The van der Waals surface area contributed by atoms with Gasteiger partial charge < -0.3 is 10.5 Å². The molecule has 1 rings (SSSR count). The van der Waals surface area contributed by atoms with E-state index in [1.165, 1.54) is 7.11 Å². The van der Waals surface area contributed by atoms with Crippen LogP contribution in [0.4, 0.5) is 0 Å². The first-order valence-corrected chi connectivity index (χ1v) is 4.50. The minimum absolute atomic E-state index is 0.0197. The molecule has 0 radical (unpaired) electrons. The fraction of sp³-hybridized carbons (Fsp3) is 0.778. The summed E-state index contributed by atoms with van der Waals surface area (Å²) in [7, 11) is 1.31. The monoisotopic (exact) mass is 185 g/mol. The lowest BCUT2D eigenvalue weighted by molar-refractivity contribution is -0.144. The Morgan fingerprint density at radius 3 is 2.92 bits per heavy atom. The first-order valence-electron chi connectivity index (χ1n) is 4.50. The Labute approximate surface area is 77.4 Å². The van der Waals surface area contributed by atoms with Crippen molar-refractivity contribution >= 4 is 11.8 Å². The number of nitrogens with two attached hydrogens (primary N) is 1. The van der Waals surface area contributed by atoms with Crippen LogP contribution in [-0.2, 0) is 14.3 Å². The van der Waals surface area contributed by atoms with Gasteiger partial charge in [-0.25, -0.2) is 0 Å². The maximum Gasteiger partial charge on any atom is 0.322 e. The molecule has 2 N–H and O–H groups in total. The predicted molar refractivity (Wildman–Crippen MR) is 47.0 cm³/mol. The first-order chi connectivity index (χ1) is 6.15. The summed E-state index contributed by atoms with van der Waals surface area (Å²) < 4.78 is 4.53. The van der Waals surface area contributed by atoms with E-state index >= 15 is 0 Å². The average Bonchev–Trinajstić information content (AvgIpc) is 2.15. The number of ether oxygens (including phenoxy) is 1. The quantitative estimate of drug-likeness (QED) is 0.626. The van der Waals surface area contributed by atoms with Crippen LogP contribution in [0.5, 0.6) is 0 Å². The van der Waals surface area contributed by atoms with E-state index in [0.29, 0.717) is 12.8 Å². The van der Waals surface area contributed by atoms with E-state index in [4.69, 9.17) is 5.73 Å². The van der Waals surface area contributed by atoms with Crippen LogP contribution >= 0.6 is 0 Å². The number of carbonyl (C=O) groups excluding carboxylic acids is 2. The number of hydrogen-bond acceptors (Lipinski definition) is 4. The van der Waals surface area contributed by atoms with E-state index in [2.05, 4.69) is 4.74 Å². The molecule has 4 heteroatoms. The molecule has 74 valence electrons. The van der Waals surface area contributed by atoms with E-state index in [1.807, 2.05) is 0 Å². The zero-order valence-corrected chi connectivity index (χ0v) is 7.79. The van der Waals surface area contributed by atoms with Crippen molar-refractivity contribution in [2.45, 2.75) is 31.7 Å². The van der Waals surface area contributed by atoms with Crippen LogP contribution in [0.15, 0.2) is 0 Å². The third kappa shape index (κ3) is 2.52. The molecule has 0 saturated heterocycles. The zero-order chi connectivity index (χ0) is 9.84. The predicted octanol–water partition coefficient (Wildman–Crippen LogP) is 0.246. The van der Waals surface area contributed by atoms with Gasteiger partial charge in [0.25, 0.3) is 0 Å². The van der Waals surface area contributed by atoms with Crippen LogP contribution in [0.2, 0.25) is 0 Å². The summed E-state index contributed by atoms with van der Waals surface area (Å²) in [6.07, 6.45) is 2.75. The van der Waals surface area contributed by atoms with Crippen molar-refractivity contribution in [3.05, 3.63) is 0 Å². The molecule has 1 aliphatic rings. The molecule has 2 atom stereocenters. The molecule has 13 heavy (non-hydrogen) atoms. The van der Waals surface area contributed by atoms with Crippen molar-refractivity contribution in [1.29, 1.82) is 0 Å². The molecular formula is C9H15NO3.